The topological polar surface area (TPSA) is 103 Å². The Morgan fingerprint density at radius 3 is 2.53 bits per heavy atom. The number of methoxy groups -OCH3 is 1. The van der Waals surface area contributed by atoms with Gasteiger partial charge in [0.05, 0.1) is 7.11 Å². The lowest BCUT2D eigenvalue weighted by Gasteiger charge is -2.49. The molecule has 32 heavy (non-hydrogen) atoms. The first-order valence-corrected chi connectivity index (χ1v) is 11.4. The van der Waals surface area contributed by atoms with Crippen LogP contribution in [0.2, 0.25) is 0 Å². The van der Waals surface area contributed by atoms with E-state index in [4.69, 9.17) is 30.5 Å². The minimum absolute atomic E-state index is 0.0126. The van der Waals surface area contributed by atoms with Crippen LogP contribution in [0, 0.1) is 0 Å². The molecule has 1 saturated heterocycles. The maximum Gasteiger partial charge on any atom is 0.515 e. The molecule has 2 atom stereocenters. The maximum atomic E-state index is 12.7. The Bertz CT molecular complexity index is 914. The average Bonchev–Trinajstić information content (AvgIpc) is 2.74. The number of rotatable bonds is 6. The van der Waals surface area contributed by atoms with Gasteiger partial charge in [0, 0.05) is 17.2 Å². The Morgan fingerprint density at radius 1 is 1.25 bits per heavy atom. The number of β-lactam (4-membered cyclic amide) rings is 1. The van der Waals surface area contributed by atoms with Crippen molar-refractivity contribution in [3.8, 4) is 5.75 Å². The van der Waals surface area contributed by atoms with Crippen molar-refractivity contribution < 1.29 is 33.3 Å². The molecule has 2 amide bonds. The predicted octanol–water partition coefficient (Wildman–Crippen LogP) is 3.61. The molecule has 9 nitrogen and oxygen atoms in total. The fourth-order valence-corrected chi connectivity index (χ4v) is 4.67. The lowest BCUT2D eigenvalue weighted by Crippen LogP contribution is -2.70. The Kier molecular flexibility index (Phi) is 7.45. The van der Waals surface area contributed by atoms with Gasteiger partial charge in [-0.05, 0) is 38.5 Å². The number of halogens is 1. The third kappa shape index (κ3) is 5.60. The highest BCUT2D eigenvalue weighted by Gasteiger charge is 2.54. The largest absolute Gasteiger partial charge is 0.515 e. The van der Waals surface area contributed by atoms with Gasteiger partial charge >= 0.3 is 12.2 Å². The summed E-state index contributed by atoms with van der Waals surface area (Å²) in [4.78, 5) is 38.4. The third-order valence-corrected chi connectivity index (χ3v) is 6.18. The molecule has 2 aliphatic heterocycles. The molecule has 2 heterocycles. The Labute approximate surface area is 195 Å². The van der Waals surface area contributed by atoms with Gasteiger partial charge in [-0.25, -0.2) is 9.59 Å². The van der Waals surface area contributed by atoms with Crippen LogP contribution < -0.4 is 10.1 Å². The number of hydrogen-bond donors (Lipinski definition) is 1. The Hall–Kier alpha value is -2.59. The summed E-state index contributed by atoms with van der Waals surface area (Å²) in [5, 5.41) is 2.14. The number of carbonyl (C=O) groups excluding carboxylic acids is 3. The summed E-state index contributed by atoms with van der Waals surface area (Å²) >= 11 is 7.41. The van der Waals surface area contributed by atoms with E-state index in [1.165, 1.54) is 16.7 Å². The van der Waals surface area contributed by atoms with Crippen LogP contribution in [-0.4, -0.2) is 58.8 Å². The van der Waals surface area contributed by atoms with Crippen molar-refractivity contribution in [1.29, 1.82) is 0 Å². The van der Waals surface area contributed by atoms with Gasteiger partial charge in [0.1, 0.15) is 29.4 Å². The maximum absolute atomic E-state index is 12.7. The van der Waals surface area contributed by atoms with Gasteiger partial charge in [-0.15, -0.1) is 23.4 Å². The van der Waals surface area contributed by atoms with Gasteiger partial charge in [-0.1, -0.05) is 12.1 Å². The molecule has 0 spiro atoms. The standard InChI is InChI=1S/C21H25ClN2O7S/c1-21(2,3)31-19(26)23-15-16(25)24-17(13(9-22)11-32-18(15)24)30-20(27)29-10-12-5-7-14(28-4)8-6-12/h5-8,15,18H,9-11H2,1-4H3,(H,23,26)/t15?,18-/m0/s1. The van der Waals surface area contributed by atoms with E-state index >= 15 is 0 Å². The molecule has 1 unspecified atom stereocenters. The van der Waals surface area contributed by atoms with E-state index in [9.17, 15) is 14.4 Å². The summed E-state index contributed by atoms with van der Waals surface area (Å²) in [5.41, 5.74) is 0.635. The third-order valence-electron chi connectivity index (χ3n) is 4.52. The fourth-order valence-electron chi connectivity index (χ4n) is 3.03. The molecule has 0 aromatic heterocycles. The van der Waals surface area contributed by atoms with Gasteiger partial charge in [0.15, 0.2) is 0 Å². The van der Waals surface area contributed by atoms with E-state index in [-0.39, 0.29) is 18.4 Å². The highest BCUT2D eigenvalue weighted by Crippen LogP contribution is 2.41. The number of carbonyl (C=O) groups is 3. The zero-order chi connectivity index (χ0) is 23.5. The molecule has 0 radical (unpaired) electrons. The summed E-state index contributed by atoms with van der Waals surface area (Å²) in [5.74, 6) is 0.828. The molecule has 0 bridgehead atoms. The minimum atomic E-state index is -0.958. The van der Waals surface area contributed by atoms with Gasteiger partial charge in [-0.2, -0.15) is 0 Å². The Balaban J connectivity index is 1.61. The first-order valence-electron chi connectivity index (χ1n) is 9.82. The summed E-state index contributed by atoms with van der Waals surface area (Å²) in [6.07, 6.45) is -1.65. The Morgan fingerprint density at radius 2 is 1.94 bits per heavy atom. The minimum Gasteiger partial charge on any atom is -0.497 e. The molecule has 174 valence electrons. The number of alkyl halides is 1. The second-order valence-corrected chi connectivity index (χ2v) is 9.44. The van der Waals surface area contributed by atoms with Crippen LogP contribution in [0.1, 0.15) is 26.3 Å². The molecule has 0 aliphatic carbocycles. The van der Waals surface area contributed by atoms with Crippen molar-refractivity contribution in [3.63, 3.8) is 0 Å². The zero-order valence-electron chi connectivity index (χ0n) is 18.2. The fraction of sp³-hybridized carbons (Fsp3) is 0.476. The van der Waals surface area contributed by atoms with Gasteiger partial charge in [0.2, 0.25) is 5.88 Å². The summed E-state index contributed by atoms with van der Waals surface area (Å²) in [7, 11) is 1.56. The molecule has 11 heteroatoms. The van der Waals surface area contributed by atoms with Crippen molar-refractivity contribution in [2.45, 2.75) is 44.4 Å². The summed E-state index contributed by atoms with van der Waals surface area (Å²) < 4.78 is 20.8. The number of nitrogens with one attached hydrogen (secondary N) is 1. The SMILES string of the molecule is COc1ccc(COC(=O)OC2=C(CCl)CS[C@H]3C(NC(=O)OC(C)(C)C)C(=O)N23)cc1. The molecule has 3 rings (SSSR count). The molecular weight excluding hydrogens is 460 g/mol. The van der Waals surface area contributed by atoms with E-state index in [0.717, 1.165) is 5.56 Å². The second kappa shape index (κ2) is 9.91. The first kappa shape index (κ1) is 24.1. The van der Waals surface area contributed by atoms with Crippen LogP contribution in [0.15, 0.2) is 35.7 Å². The molecule has 2 aliphatic rings. The van der Waals surface area contributed by atoms with E-state index in [0.29, 0.717) is 17.1 Å². The van der Waals surface area contributed by atoms with Crippen molar-refractivity contribution >= 4 is 41.5 Å². The smallest absolute Gasteiger partial charge is 0.497 e. The molecule has 1 aromatic carbocycles. The van der Waals surface area contributed by atoms with Crippen LogP contribution in [0.25, 0.3) is 0 Å². The number of ether oxygens (including phenoxy) is 4. The molecular formula is C21H25ClN2O7S. The number of amides is 2. The number of nitrogens with zero attached hydrogens (tertiary/aromatic N) is 1. The van der Waals surface area contributed by atoms with E-state index in [1.807, 2.05) is 0 Å². The van der Waals surface area contributed by atoms with Crippen LogP contribution in [0.4, 0.5) is 9.59 Å². The van der Waals surface area contributed by atoms with Crippen molar-refractivity contribution in [2.75, 3.05) is 18.7 Å². The highest BCUT2D eigenvalue weighted by atomic mass is 35.5. The lowest BCUT2D eigenvalue weighted by atomic mass is 10.1. The van der Waals surface area contributed by atoms with Gasteiger partial charge in [-0.3, -0.25) is 9.69 Å². The molecule has 0 saturated carbocycles. The van der Waals surface area contributed by atoms with E-state index in [2.05, 4.69) is 5.32 Å². The second-order valence-electron chi connectivity index (χ2n) is 8.06. The van der Waals surface area contributed by atoms with Crippen LogP contribution in [0.5, 0.6) is 5.75 Å². The normalized spacial score (nSPS) is 20.2. The van der Waals surface area contributed by atoms with E-state index in [1.54, 1.807) is 52.1 Å². The van der Waals surface area contributed by atoms with Gasteiger partial charge in [0.25, 0.3) is 5.91 Å². The van der Waals surface area contributed by atoms with E-state index < -0.39 is 35.2 Å². The summed E-state index contributed by atoms with van der Waals surface area (Å²) in [6, 6.07) is 6.22. The first-order chi connectivity index (χ1) is 15.1. The summed E-state index contributed by atoms with van der Waals surface area (Å²) in [6.45, 7) is 5.18. The van der Waals surface area contributed by atoms with Crippen LogP contribution in [-0.2, 0) is 25.6 Å². The number of hydrogen-bond acceptors (Lipinski definition) is 8. The molecule has 1 fully saturated rings. The molecule has 1 aromatic rings. The monoisotopic (exact) mass is 484 g/mol. The van der Waals surface area contributed by atoms with Crippen LogP contribution in [0.3, 0.4) is 0 Å². The average molecular weight is 485 g/mol. The number of benzene rings is 1. The number of fused-ring (bicyclic) bond motifs is 1. The quantitative estimate of drug-likeness (QED) is 0.371. The highest BCUT2D eigenvalue weighted by molar-refractivity contribution is 8.00. The molecule has 1 N–H and O–H groups in total. The van der Waals surface area contributed by atoms with Crippen LogP contribution >= 0.6 is 23.4 Å². The lowest BCUT2D eigenvalue weighted by molar-refractivity contribution is -0.146. The van der Waals surface area contributed by atoms with Crippen molar-refractivity contribution in [1.82, 2.24) is 10.2 Å². The number of alkyl carbamates (subject to hydrolysis) is 1. The predicted molar refractivity (Wildman–Crippen MR) is 118 cm³/mol. The number of thioether (sulfide) groups is 1. The van der Waals surface area contributed by atoms with Crippen molar-refractivity contribution in [3.05, 3.63) is 41.3 Å². The zero-order valence-corrected chi connectivity index (χ0v) is 19.7. The van der Waals surface area contributed by atoms with Crippen molar-refractivity contribution in [2.24, 2.45) is 0 Å². The van der Waals surface area contributed by atoms with Gasteiger partial charge < -0.3 is 24.3 Å².